The summed E-state index contributed by atoms with van der Waals surface area (Å²) in [6, 6.07) is 0. The third kappa shape index (κ3) is 4.75. The number of nitrogens with zero attached hydrogens (tertiary/aromatic N) is 1. The van der Waals surface area contributed by atoms with Crippen LogP contribution in [-0.2, 0) is 4.79 Å². The molecule has 0 atom stereocenters. The molecule has 0 aliphatic carbocycles. The Kier molecular flexibility index (Phi) is 5.78. The fourth-order valence-corrected chi connectivity index (χ4v) is 0.783. The Bertz CT molecular complexity index is 114. The van der Waals surface area contributed by atoms with Crippen LogP contribution in [0.5, 0.6) is 0 Å². The molecular formula is C7H17N3O. The molecule has 1 amide bonds. The Balaban J connectivity index is 0.000000218. The molecule has 1 rings (SSSR count). The summed E-state index contributed by atoms with van der Waals surface area (Å²) >= 11 is 0. The summed E-state index contributed by atoms with van der Waals surface area (Å²) < 4.78 is 0. The first-order chi connectivity index (χ1) is 5.22. The topological polar surface area (TPSA) is 72.3 Å². The lowest BCUT2D eigenvalue weighted by atomic mass is 10.4. The van der Waals surface area contributed by atoms with Crippen LogP contribution >= 0.6 is 0 Å². The average molecular weight is 159 g/mol. The Morgan fingerprint density at radius 3 is 2.09 bits per heavy atom. The molecule has 4 heteroatoms. The highest BCUT2D eigenvalue weighted by Crippen LogP contribution is 2.04. The third-order valence-corrected chi connectivity index (χ3v) is 1.48. The smallest absolute Gasteiger partial charge is 0.222 e. The van der Waals surface area contributed by atoms with Gasteiger partial charge in [-0.1, -0.05) is 0 Å². The lowest BCUT2D eigenvalue weighted by Crippen LogP contribution is -2.17. The van der Waals surface area contributed by atoms with Crippen molar-refractivity contribution in [3.05, 3.63) is 0 Å². The highest BCUT2D eigenvalue weighted by molar-refractivity contribution is 5.77. The van der Waals surface area contributed by atoms with Crippen LogP contribution in [0.3, 0.4) is 0 Å². The second kappa shape index (κ2) is 6.12. The van der Waals surface area contributed by atoms with Gasteiger partial charge in [-0.15, -0.1) is 0 Å². The number of carbonyl (C=O) groups excluding carboxylic acids is 1. The maximum atomic E-state index is 10.5. The van der Waals surface area contributed by atoms with Crippen molar-refractivity contribution in [1.29, 1.82) is 0 Å². The van der Waals surface area contributed by atoms with Crippen molar-refractivity contribution in [1.82, 2.24) is 4.90 Å². The van der Waals surface area contributed by atoms with Gasteiger partial charge in [0.05, 0.1) is 0 Å². The summed E-state index contributed by atoms with van der Waals surface area (Å²) in [5.74, 6) is 0.292. The maximum Gasteiger partial charge on any atom is 0.222 e. The van der Waals surface area contributed by atoms with Crippen molar-refractivity contribution in [2.24, 2.45) is 11.5 Å². The van der Waals surface area contributed by atoms with Gasteiger partial charge in [0.2, 0.25) is 5.91 Å². The molecule has 1 aliphatic heterocycles. The molecule has 1 fully saturated rings. The minimum Gasteiger partial charge on any atom is -0.346 e. The van der Waals surface area contributed by atoms with Gasteiger partial charge in [-0.3, -0.25) is 4.79 Å². The molecule has 1 aliphatic rings. The van der Waals surface area contributed by atoms with E-state index >= 15 is 0 Å². The Morgan fingerprint density at radius 2 is 2.00 bits per heavy atom. The Labute approximate surface area is 67.5 Å². The van der Waals surface area contributed by atoms with Crippen molar-refractivity contribution in [2.45, 2.75) is 12.8 Å². The molecule has 0 saturated carbocycles. The first-order valence-electron chi connectivity index (χ1n) is 3.86. The number of amides is 1. The predicted molar refractivity (Wildman–Crippen MR) is 45.0 cm³/mol. The number of hydrogen-bond acceptors (Lipinski definition) is 3. The second-order valence-corrected chi connectivity index (χ2v) is 2.50. The van der Waals surface area contributed by atoms with Gasteiger partial charge < -0.3 is 16.4 Å². The van der Waals surface area contributed by atoms with Gasteiger partial charge in [0.15, 0.2) is 0 Å². The zero-order chi connectivity index (χ0) is 8.69. The van der Waals surface area contributed by atoms with E-state index in [1.807, 2.05) is 7.05 Å². The van der Waals surface area contributed by atoms with E-state index in [1.54, 1.807) is 4.90 Å². The van der Waals surface area contributed by atoms with E-state index in [-0.39, 0.29) is 0 Å². The molecule has 0 spiro atoms. The standard InChI is InChI=1S/C5H9NO.C2H8N2/c1-6-4-2-3-5(6)7;3-1-2-4/h2-4H2,1H3;1-4H2. The number of rotatable bonds is 1. The van der Waals surface area contributed by atoms with E-state index in [4.69, 9.17) is 11.5 Å². The summed E-state index contributed by atoms with van der Waals surface area (Å²) in [4.78, 5) is 12.3. The lowest BCUT2D eigenvalue weighted by molar-refractivity contribution is -0.126. The maximum absolute atomic E-state index is 10.5. The molecular weight excluding hydrogens is 142 g/mol. The van der Waals surface area contributed by atoms with Crippen LogP contribution in [0.15, 0.2) is 0 Å². The van der Waals surface area contributed by atoms with Gasteiger partial charge in [-0.05, 0) is 6.42 Å². The van der Waals surface area contributed by atoms with E-state index in [0.29, 0.717) is 19.0 Å². The highest BCUT2D eigenvalue weighted by atomic mass is 16.2. The molecule has 0 radical (unpaired) electrons. The molecule has 1 saturated heterocycles. The first-order valence-corrected chi connectivity index (χ1v) is 3.86. The van der Waals surface area contributed by atoms with E-state index in [9.17, 15) is 4.79 Å². The van der Waals surface area contributed by atoms with E-state index in [1.165, 1.54) is 0 Å². The minimum absolute atomic E-state index is 0.292. The molecule has 1 heterocycles. The summed E-state index contributed by atoms with van der Waals surface area (Å²) in [6.07, 6.45) is 1.81. The minimum atomic E-state index is 0.292. The van der Waals surface area contributed by atoms with Crippen LogP contribution in [-0.4, -0.2) is 37.5 Å². The Morgan fingerprint density at radius 1 is 1.45 bits per heavy atom. The zero-order valence-corrected chi connectivity index (χ0v) is 7.05. The third-order valence-electron chi connectivity index (χ3n) is 1.48. The fraction of sp³-hybridized carbons (Fsp3) is 0.857. The largest absolute Gasteiger partial charge is 0.346 e. The van der Waals surface area contributed by atoms with Crippen molar-refractivity contribution in [3.63, 3.8) is 0 Å². The molecule has 0 aromatic heterocycles. The van der Waals surface area contributed by atoms with Crippen LogP contribution in [0.4, 0.5) is 0 Å². The van der Waals surface area contributed by atoms with E-state index < -0.39 is 0 Å². The van der Waals surface area contributed by atoms with Gasteiger partial charge >= 0.3 is 0 Å². The first kappa shape index (κ1) is 10.4. The quantitative estimate of drug-likeness (QED) is 0.523. The van der Waals surface area contributed by atoms with E-state index in [2.05, 4.69) is 0 Å². The van der Waals surface area contributed by atoms with Crippen molar-refractivity contribution in [3.8, 4) is 0 Å². The average Bonchev–Trinajstić information content (AvgIpc) is 2.37. The van der Waals surface area contributed by atoms with Crippen LogP contribution < -0.4 is 11.5 Å². The number of carbonyl (C=O) groups is 1. The van der Waals surface area contributed by atoms with Gasteiger partial charge in [0.25, 0.3) is 0 Å². The lowest BCUT2D eigenvalue weighted by Gasteiger charge is -2.03. The van der Waals surface area contributed by atoms with Gasteiger partial charge in [0.1, 0.15) is 0 Å². The number of likely N-dealkylation sites (tertiary alicyclic amines) is 1. The summed E-state index contributed by atoms with van der Waals surface area (Å²) in [5.41, 5.74) is 9.81. The molecule has 0 unspecified atom stereocenters. The molecule has 4 N–H and O–H groups in total. The van der Waals surface area contributed by atoms with Crippen LogP contribution in [0.25, 0.3) is 0 Å². The van der Waals surface area contributed by atoms with Crippen LogP contribution in [0, 0.1) is 0 Å². The van der Waals surface area contributed by atoms with Crippen molar-refractivity contribution >= 4 is 5.91 Å². The summed E-state index contributed by atoms with van der Waals surface area (Å²) in [5, 5.41) is 0. The molecule has 4 nitrogen and oxygen atoms in total. The van der Waals surface area contributed by atoms with Crippen LogP contribution in [0.2, 0.25) is 0 Å². The Hall–Kier alpha value is -0.610. The number of nitrogens with two attached hydrogens (primary N) is 2. The molecule has 0 aromatic carbocycles. The highest BCUT2D eigenvalue weighted by Gasteiger charge is 2.14. The van der Waals surface area contributed by atoms with E-state index in [0.717, 1.165) is 19.4 Å². The van der Waals surface area contributed by atoms with Crippen molar-refractivity contribution in [2.75, 3.05) is 26.7 Å². The monoisotopic (exact) mass is 159 g/mol. The van der Waals surface area contributed by atoms with Gasteiger partial charge in [-0.2, -0.15) is 0 Å². The van der Waals surface area contributed by atoms with Crippen molar-refractivity contribution < 1.29 is 4.79 Å². The molecule has 66 valence electrons. The normalized spacial score (nSPS) is 16.3. The SMILES string of the molecule is CN1CCCC1=O.NCCN. The predicted octanol–water partition coefficient (Wildman–Crippen LogP) is -0.858. The molecule has 0 aromatic rings. The van der Waals surface area contributed by atoms with Gasteiger partial charge in [-0.25, -0.2) is 0 Å². The molecule has 0 bridgehead atoms. The summed E-state index contributed by atoms with van der Waals surface area (Å²) in [7, 11) is 1.84. The number of hydrogen-bond donors (Lipinski definition) is 2. The van der Waals surface area contributed by atoms with Crippen LogP contribution in [0.1, 0.15) is 12.8 Å². The van der Waals surface area contributed by atoms with Gasteiger partial charge in [0, 0.05) is 33.1 Å². The summed E-state index contributed by atoms with van der Waals surface area (Å²) in [6.45, 7) is 2.15. The fourth-order valence-electron chi connectivity index (χ4n) is 0.783. The second-order valence-electron chi connectivity index (χ2n) is 2.50. The zero-order valence-electron chi connectivity index (χ0n) is 7.05. The molecule has 11 heavy (non-hydrogen) atoms.